The highest BCUT2D eigenvalue weighted by Gasteiger charge is 2.22. The van der Waals surface area contributed by atoms with Gasteiger partial charge in [0.1, 0.15) is 0 Å². The van der Waals surface area contributed by atoms with Crippen LogP contribution in [0.25, 0.3) is 0 Å². The molecule has 98 valence electrons. The SMILES string of the molecule is CCCN(C)S(=O)(=O)N[C@@H]1CCCNC1.Cl. The van der Waals surface area contributed by atoms with Crippen molar-refractivity contribution in [1.82, 2.24) is 14.3 Å². The molecule has 1 saturated heterocycles. The number of nitrogens with zero attached hydrogens (tertiary/aromatic N) is 1. The molecule has 0 radical (unpaired) electrons. The number of nitrogens with one attached hydrogen (secondary N) is 2. The highest BCUT2D eigenvalue weighted by Crippen LogP contribution is 2.05. The number of hydrogen-bond acceptors (Lipinski definition) is 3. The van der Waals surface area contributed by atoms with Gasteiger partial charge in [-0.1, -0.05) is 6.92 Å². The molecule has 0 saturated carbocycles. The molecule has 1 rings (SSSR count). The lowest BCUT2D eigenvalue weighted by molar-refractivity contribution is 0.402. The molecule has 0 unspecified atom stereocenters. The van der Waals surface area contributed by atoms with Crippen molar-refractivity contribution in [3.63, 3.8) is 0 Å². The predicted octanol–water partition coefficient (Wildman–Crippen LogP) is 0.336. The van der Waals surface area contributed by atoms with Gasteiger partial charge in [-0.05, 0) is 25.8 Å². The summed E-state index contributed by atoms with van der Waals surface area (Å²) < 4.78 is 27.6. The van der Waals surface area contributed by atoms with E-state index in [0.29, 0.717) is 6.54 Å². The van der Waals surface area contributed by atoms with E-state index in [2.05, 4.69) is 10.0 Å². The van der Waals surface area contributed by atoms with Gasteiger partial charge < -0.3 is 5.32 Å². The molecule has 5 nitrogen and oxygen atoms in total. The molecule has 0 aromatic rings. The van der Waals surface area contributed by atoms with Crippen LogP contribution in [0.1, 0.15) is 26.2 Å². The van der Waals surface area contributed by atoms with Gasteiger partial charge in [0, 0.05) is 26.2 Å². The van der Waals surface area contributed by atoms with Crippen LogP contribution in [0.2, 0.25) is 0 Å². The second kappa shape index (κ2) is 7.45. The van der Waals surface area contributed by atoms with Gasteiger partial charge in [0.05, 0.1) is 0 Å². The minimum atomic E-state index is -3.28. The molecule has 0 aliphatic carbocycles. The van der Waals surface area contributed by atoms with Crippen LogP contribution < -0.4 is 10.0 Å². The third-order valence-electron chi connectivity index (χ3n) is 2.56. The fraction of sp³-hybridized carbons (Fsp3) is 1.00. The summed E-state index contributed by atoms with van der Waals surface area (Å²) in [5.74, 6) is 0. The number of piperidine rings is 1. The Morgan fingerprint density at radius 3 is 2.69 bits per heavy atom. The quantitative estimate of drug-likeness (QED) is 0.758. The number of halogens is 1. The second-order valence-electron chi connectivity index (χ2n) is 3.99. The molecule has 1 heterocycles. The molecule has 0 bridgehead atoms. The van der Waals surface area contributed by atoms with Crippen LogP contribution in [0.3, 0.4) is 0 Å². The van der Waals surface area contributed by atoms with Crippen molar-refractivity contribution in [2.24, 2.45) is 0 Å². The minimum Gasteiger partial charge on any atom is -0.315 e. The Kier molecular flexibility index (Phi) is 7.50. The zero-order valence-corrected chi connectivity index (χ0v) is 11.5. The first kappa shape index (κ1) is 16.1. The van der Waals surface area contributed by atoms with Crippen LogP contribution in [-0.4, -0.2) is 45.4 Å². The first-order valence-electron chi connectivity index (χ1n) is 5.50. The topological polar surface area (TPSA) is 61.4 Å². The average molecular weight is 272 g/mol. The van der Waals surface area contributed by atoms with Crippen molar-refractivity contribution in [1.29, 1.82) is 0 Å². The summed E-state index contributed by atoms with van der Waals surface area (Å²) in [6, 6.07) is 0.0445. The van der Waals surface area contributed by atoms with Crippen molar-refractivity contribution < 1.29 is 8.42 Å². The molecule has 0 aromatic heterocycles. The summed E-state index contributed by atoms with van der Waals surface area (Å²) >= 11 is 0. The maximum Gasteiger partial charge on any atom is 0.279 e. The number of rotatable bonds is 5. The molecular formula is C9H22ClN3O2S. The molecule has 1 fully saturated rings. The van der Waals surface area contributed by atoms with E-state index in [1.807, 2.05) is 6.92 Å². The third-order valence-corrected chi connectivity index (χ3v) is 4.20. The predicted molar refractivity (Wildman–Crippen MR) is 68.1 cm³/mol. The second-order valence-corrected chi connectivity index (χ2v) is 5.80. The Bertz CT molecular complexity index is 278. The van der Waals surface area contributed by atoms with Gasteiger partial charge in [0.15, 0.2) is 0 Å². The van der Waals surface area contributed by atoms with Crippen LogP contribution in [-0.2, 0) is 10.2 Å². The van der Waals surface area contributed by atoms with Crippen LogP contribution >= 0.6 is 12.4 Å². The molecule has 16 heavy (non-hydrogen) atoms. The highest BCUT2D eigenvalue weighted by atomic mass is 35.5. The summed E-state index contributed by atoms with van der Waals surface area (Å²) in [6.45, 7) is 4.26. The Hall–Kier alpha value is 0.120. The molecule has 1 aliphatic heterocycles. The zero-order chi connectivity index (χ0) is 11.3. The first-order valence-corrected chi connectivity index (χ1v) is 6.94. The molecule has 1 aliphatic rings. The van der Waals surface area contributed by atoms with E-state index in [-0.39, 0.29) is 18.4 Å². The lowest BCUT2D eigenvalue weighted by Gasteiger charge is -2.26. The van der Waals surface area contributed by atoms with E-state index in [0.717, 1.165) is 32.4 Å². The van der Waals surface area contributed by atoms with Gasteiger partial charge in [-0.15, -0.1) is 12.4 Å². The summed E-state index contributed by atoms with van der Waals surface area (Å²) in [6.07, 6.45) is 2.79. The van der Waals surface area contributed by atoms with Crippen molar-refractivity contribution in [2.45, 2.75) is 32.2 Å². The lowest BCUT2D eigenvalue weighted by atomic mass is 10.1. The molecule has 0 spiro atoms. The van der Waals surface area contributed by atoms with Crippen molar-refractivity contribution in [2.75, 3.05) is 26.7 Å². The molecule has 2 N–H and O–H groups in total. The standard InChI is InChI=1S/C9H21N3O2S.ClH/c1-3-7-12(2)15(13,14)11-9-5-4-6-10-8-9;/h9-11H,3-8H2,1-2H3;1H/t9-;/m1./s1. The Morgan fingerprint density at radius 2 is 2.19 bits per heavy atom. The largest absolute Gasteiger partial charge is 0.315 e. The Labute approximate surface area is 105 Å². The Balaban J connectivity index is 0.00000225. The van der Waals surface area contributed by atoms with E-state index < -0.39 is 10.2 Å². The van der Waals surface area contributed by atoms with Crippen LogP contribution in [0.15, 0.2) is 0 Å². The Morgan fingerprint density at radius 1 is 1.50 bits per heavy atom. The monoisotopic (exact) mass is 271 g/mol. The van der Waals surface area contributed by atoms with Crippen molar-refractivity contribution in [3.05, 3.63) is 0 Å². The van der Waals surface area contributed by atoms with Gasteiger partial charge >= 0.3 is 0 Å². The van der Waals surface area contributed by atoms with Crippen molar-refractivity contribution >= 4 is 22.6 Å². The van der Waals surface area contributed by atoms with Gasteiger partial charge in [-0.2, -0.15) is 17.4 Å². The van der Waals surface area contributed by atoms with Gasteiger partial charge in [-0.3, -0.25) is 0 Å². The average Bonchev–Trinajstić information content (AvgIpc) is 2.19. The van der Waals surface area contributed by atoms with E-state index >= 15 is 0 Å². The van der Waals surface area contributed by atoms with Gasteiger partial charge in [0.2, 0.25) is 0 Å². The molecule has 7 heteroatoms. The summed E-state index contributed by atoms with van der Waals surface area (Å²) in [5.41, 5.74) is 0. The third kappa shape index (κ3) is 4.97. The minimum absolute atomic E-state index is 0. The molecule has 0 amide bonds. The smallest absolute Gasteiger partial charge is 0.279 e. The summed E-state index contributed by atoms with van der Waals surface area (Å²) in [5, 5.41) is 3.18. The fourth-order valence-corrected chi connectivity index (χ4v) is 2.91. The normalized spacial score (nSPS) is 21.8. The lowest BCUT2D eigenvalue weighted by Crippen LogP contribution is -2.49. The molecule has 0 aromatic carbocycles. The van der Waals surface area contributed by atoms with E-state index in [1.54, 1.807) is 7.05 Å². The van der Waals surface area contributed by atoms with Gasteiger partial charge in [0.25, 0.3) is 10.2 Å². The maximum atomic E-state index is 11.8. The fourth-order valence-electron chi connectivity index (χ4n) is 1.69. The zero-order valence-electron chi connectivity index (χ0n) is 9.90. The van der Waals surface area contributed by atoms with Crippen LogP contribution in [0.4, 0.5) is 0 Å². The van der Waals surface area contributed by atoms with Crippen molar-refractivity contribution in [3.8, 4) is 0 Å². The molecule has 1 atom stereocenters. The van der Waals surface area contributed by atoms with E-state index in [9.17, 15) is 8.42 Å². The van der Waals surface area contributed by atoms with E-state index in [1.165, 1.54) is 4.31 Å². The summed E-state index contributed by atoms with van der Waals surface area (Å²) in [7, 11) is -1.67. The number of hydrogen-bond donors (Lipinski definition) is 2. The molecular weight excluding hydrogens is 250 g/mol. The van der Waals surface area contributed by atoms with Gasteiger partial charge in [-0.25, -0.2) is 0 Å². The summed E-state index contributed by atoms with van der Waals surface area (Å²) in [4.78, 5) is 0. The van der Waals surface area contributed by atoms with Crippen LogP contribution in [0, 0.1) is 0 Å². The van der Waals surface area contributed by atoms with E-state index in [4.69, 9.17) is 0 Å². The first-order chi connectivity index (χ1) is 7.06. The highest BCUT2D eigenvalue weighted by molar-refractivity contribution is 7.87. The maximum absolute atomic E-state index is 11.8. The van der Waals surface area contributed by atoms with Crippen LogP contribution in [0.5, 0.6) is 0 Å².